The normalized spacial score (nSPS) is 17.6. The van der Waals surface area contributed by atoms with Gasteiger partial charge in [0.2, 0.25) is 6.41 Å². The van der Waals surface area contributed by atoms with Crippen LogP contribution < -0.4 is 20.4 Å². The van der Waals surface area contributed by atoms with Crippen molar-refractivity contribution in [2.24, 2.45) is 0 Å². The predicted octanol–water partition coefficient (Wildman–Crippen LogP) is 3.86. The lowest BCUT2D eigenvalue weighted by Crippen LogP contribution is -2.44. The van der Waals surface area contributed by atoms with Gasteiger partial charge in [0.25, 0.3) is 0 Å². The molecule has 1 atom stereocenters. The van der Waals surface area contributed by atoms with Crippen LogP contribution in [0.25, 0.3) is 0 Å². The molecule has 1 aromatic heterocycles. The smallest absolute Gasteiger partial charge is 0.213 e. The number of hydrogen-bond donors (Lipinski definition) is 2. The monoisotopic (exact) mass is 514 g/mol. The van der Waals surface area contributed by atoms with Gasteiger partial charge in [-0.1, -0.05) is 18.2 Å². The van der Waals surface area contributed by atoms with Gasteiger partial charge in [-0.3, -0.25) is 9.69 Å². The average molecular weight is 515 g/mol. The summed E-state index contributed by atoms with van der Waals surface area (Å²) in [5, 5.41) is 16.0. The molecule has 2 N–H and O–H groups in total. The minimum absolute atomic E-state index is 0.267. The number of nitrogens with zero attached hydrogens (tertiary/aromatic N) is 6. The Bertz CT molecular complexity index is 1270. The zero-order chi connectivity index (χ0) is 26.6. The number of benzene rings is 2. The Labute approximate surface area is 225 Å². The Morgan fingerprint density at radius 3 is 2.63 bits per heavy atom. The van der Waals surface area contributed by atoms with E-state index in [4.69, 9.17) is 0 Å². The number of aromatic nitrogens is 2. The summed E-state index contributed by atoms with van der Waals surface area (Å²) in [6.07, 6.45) is 1.82. The van der Waals surface area contributed by atoms with Crippen LogP contribution in [0.5, 0.6) is 0 Å². The van der Waals surface area contributed by atoms with Crippen molar-refractivity contribution in [1.29, 1.82) is 0 Å². The molecule has 2 aromatic carbocycles. The van der Waals surface area contributed by atoms with E-state index in [0.29, 0.717) is 12.4 Å². The molecule has 38 heavy (non-hydrogen) atoms. The average Bonchev–Trinajstić information content (AvgIpc) is 2.94. The zero-order valence-electron chi connectivity index (χ0n) is 22.8. The minimum Gasteiger partial charge on any atom is -0.385 e. The second kappa shape index (κ2) is 11.4. The molecule has 0 radical (unpaired) electrons. The van der Waals surface area contributed by atoms with Crippen molar-refractivity contribution < 1.29 is 4.79 Å². The standard InChI is InChI=1S/C29H38N8O/c1-21-17-22(37-15-13-34(2)14-16-37)9-10-24(21)31-29-18-28(36(4)20-38)26(32-33-29)19-35(3)27-11-12-30-25-8-6-5-7-23(25)27/h5-10,17-18,20,27,30H,11-16,19H2,1-4H3,(H,31,33). The largest absolute Gasteiger partial charge is 0.385 e. The van der Waals surface area contributed by atoms with Gasteiger partial charge < -0.3 is 25.3 Å². The third-order valence-electron chi connectivity index (χ3n) is 7.71. The lowest BCUT2D eigenvalue weighted by Gasteiger charge is -2.34. The van der Waals surface area contributed by atoms with E-state index < -0.39 is 0 Å². The Hall–Kier alpha value is -3.69. The topological polar surface area (TPSA) is 79.9 Å². The number of hydrogen-bond acceptors (Lipinski definition) is 8. The third-order valence-corrected chi connectivity index (χ3v) is 7.71. The maximum Gasteiger partial charge on any atom is 0.213 e. The number of nitrogens with one attached hydrogen (secondary N) is 2. The first-order chi connectivity index (χ1) is 18.4. The summed E-state index contributed by atoms with van der Waals surface area (Å²) in [6.45, 7) is 7.84. The van der Waals surface area contributed by atoms with Crippen LogP contribution >= 0.6 is 0 Å². The van der Waals surface area contributed by atoms with Gasteiger partial charge >= 0.3 is 0 Å². The molecule has 0 bridgehead atoms. The van der Waals surface area contributed by atoms with Crippen LogP contribution in [0.4, 0.5) is 28.6 Å². The summed E-state index contributed by atoms with van der Waals surface area (Å²) < 4.78 is 0. The molecule has 9 heteroatoms. The van der Waals surface area contributed by atoms with Crippen LogP contribution in [-0.2, 0) is 11.3 Å². The minimum atomic E-state index is 0.267. The quantitative estimate of drug-likeness (QED) is 0.439. The summed E-state index contributed by atoms with van der Waals surface area (Å²) in [6, 6.07) is 17.1. The molecule has 0 spiro atoms. The molecular weight excluding hydrogens is 476 g/mol. The molecule has 0 aliphatic carbocycles. The van der Waals surface area contributed by atoms with Gasteiger partial charge in [-0.25, -0.2) is 0 Å². The summed E-state index contributed by atoms with van der Waals surface area (Å²) in [5.41, 5.74) is 7.35. The Kier molecular flexibility index (Phi) is 7.76. The van der Waals surface area contributed by atoms with Gasteiger partial charge in [-0.15, -0.1) is 10.2 Å². The van der Waals surface area contributed by atoms with Gasteiger partial charge in [0.05, 0.1) is 5.69 Å². The number of carbonyl (C=O) groups excluding carboxylic acids is 1. The predicted molar refractivity (Wildman–Crippen MR) is 154 cm³/mol. The van der Waals surface area contributed by atoms with E-state index in [1.807, 2.05) is 6.07 Å². The van der Waals surface area contributed by atoms with E-state index in [9.17, 15) is 4.79 Å². The second-order valence-corrected chi connectivity index (χ2v) is 10.4. The van der Waals surface area contributed by atoms with Crippen LogP contribution in [0, 0.1) is 6.92 Å². The molecule has 1 amide bonds. The van der Waals surface area contributed by atoms with Crippen molar-refractivity contribution in [2.75, 3.05) is 74.3 Å². The first kappa shape index (κ1) is 25.9. The first-order valence-corrected chi connectivity index (χ1v) is 13.3. The number of anilines is 5. The summed E-state index contributed by atoms with van der Waals surface area (Å²) in [4.78, 5) is 20.4. The number of piperazine rings is 1. The zero-order valence-corrected chi connectivity index (χ0v) is 22.8. The first-order valence-electron chi connectivity index (χ1n) is 13.3. The SMILES string of the molecule is Cc1cc(N2CCN(C)CC2)ccc1Nc1cc(N(C)C=O)c(CN(C)C2CCNc3ccccc32)nn1. The van der Waals surface area contributed by atoms with Gasteiger partial charge in [-0.2, -0.15) is 0 Å². The highest BCUT2D eigenvalue weighted by Gasteiger charge is 2.25. The Morgan fingerprint density at radius 1 is 1.08 bits per heavy atom. The molecule has 2 aliphatic heterocycles. The van der Waals surface area contributed by atoms with Gasteiger partial charge in [-0.05, 0) is 62.8 Å². The van der Waals surface area contributed by atoms with E-state index in [1.165, 1.54) is 16.9 Å². The number of amides is 1. The summed E-state index contributed by atoms with van der Waals surface area (Å²) in [5.74, 6) is 0.614. The molecule has 1 fully saturated rings. The Balaban J connectivity index is 1.33. The van der Waals surface area contributed by atoms with E-state index in [1.54, 1.807) is 11.9 Å². The molecule has 3 aromatic rings. The van der Waals surface area contributed by atoms with E-state index in [-0.39, 0.29) is 6.04 Å². The fourth-order valence-electron chi connectivity index (χ4n) is 5.38. The number of aryl methyl sites for hydroxylation is 1. The molecule has 2 aliphatic rings. The number of rotatable bonds is 8. The summed E-state index contributed by atoms with van der Waals surface area (Å²) >= 11 is 0. The fourth-order valence-corrected chi connectivity index (χ4v) is 5.38. The molecule has 9 nitrogen and oxygen atoms in total. The molecule has 1 saturated heterocycles. The van der Waals surface area contributed by atoms with Crippen LogP contribution in [0.1, 0.15) is 29.3 Å². The van der Waals surface area contributed by atoms with Crippen molar-refractivity contribution in [3.63, 3.8) is 0 Å². The number of para-hydroxylation sites is 1. The van der Waals surface area contributed by atoms with Crippen molar-refractivity contribution in [1.82, 2.24) is 20.0 Å². The van der Waals surface area contributed by atoms with Crippen LogP contribution in [0.15, 0.2) is 48.5 Å². The number of likely N-dealkylation sites (N-methyl/N-ethyl adjacent to an activating group) is 1. The van der Waals surface area contributed by atoms with Gasteiger partial charge in [0, 0.05) is 75.5 Å². The van der Waals surface area contributed by atoms with Gasteiger partial charge in [0.1, 0.15) is 5.69 Å². The molecule has 200 valence electrons. The van der Waals surface area contributed by atoms with Crippen molar-refractivity contribution in [2.45, 2.75) is 25.9 Å². The maximum absolute atomic E-state index is 11.8. The fraction of sp³-hybridized carbons (Fsp3) is 0.414. The number of carbonyl (C=O) groups is 1. The molecular formula is C29H38N8O. The lowest BCUT2D eigenvalue weighted by atomic mass is 9.96. The highest BCUT2D eigenvalue weighted by molar-refractivity contribution is 5.77. The highest BCUT2D eigenvalue weighted by Crippen LogP contribution is 2.35. The highest BCUT2D eigenvalue weighted by atomic mass is 16.1. The molecule has 1 unspecified atom stereocenters. The molecule has 5 rings (SSSR count). The van der Waals surface area contributed by atoms with Crippen molar-refractivity contribution in [3.8, 4) is 0 Å². The van der Waals surface area contributed by atoms with Crippen LogP contribution in [-0.4, -0.2) is 80.3 Å². The van der Waals surface area contributed by atoms with Gasteiger partial charge in [0.15, 0.2) is 5.82 Å². The maximum atomic E-state index is 11.8. The van der Waals surface area contributed by atoms with E-state index in [0.717, 1.165) is 68.2 Å². The van der Waals surface area contributed by atoms with Crippen molar-refractivity contribution >= 4 is 35.0 Å². The molecule has 3 heterocycles. The molecule has 0 saturated carbocycles. The van der Waals surface area contributed by atoms with Crippen LogP contribution in [0.3, 0.4) is 0 Å². The van der Waals surface area contributed by atoms with E-state index in [2.05, 4.69) is 99.0 Å². The summed E-state index contributed by atoms with van der Waals surface area (Å²) in [7, 11) is 6.03. The second-order valence-electron chi connectivity index (χ2n) is 10.4. The lowest BCUT2D eigenvalue weighted by molar-refractivity contribution is -0.107. The van der Waals surface area contributed by atoms with Crippen molar-refractivity contribution in [3.05, 3.63) is 65.4 Å². The van der Waals surface area contributed by atoms with Crippen LogP contribution in [0.2, 0.25) is 0 Å². The van der Waals surface area contributed by atoms with E-state index >= 15 is 0 Å². The Morgan fingerprint density at radius 2 is 1.87 bits per heavy atom. The third kappa shape index (κ3) is 5.58. The number of fused-ring (bicyclic) bond motifs is 1.